The van der Waals surface area contributed by atoms with E-state index in [1.165, 1.54) is 57.9 Å². The van der Waals surface area contributed by atoms with E-state index in [0.29, 0.717) is 0 Å². The van der Waals surface area contributed by atoms with Gasteiger partial charge < -0.3 is 4.90 Å². The zero-order valence-corrected chi connectivity index (χ0v) is 12.5. The van der Waals surface area contributed by atoms with Crippen LogP contribution < -0.4 is 0 Å². The third-order valence-corrected chi connectivity index (χ3v) is 4.48. The Kier molecular flexibility index (Phi) is 4.68. The zero-order valence-electron chi connectivity index (χ0n) is 12.5. The Labute approximate surface area is 122 Å². The molecule has 0 spiro atoms. The van der Waals surface area contributed by atoms with Crippen LogP contribution in [0.15, 0.2) is 30.3 Å². The van der Waals surface area contributed by atoms with E-state index in [1.807, 2.05) is 0 Å². The smallest absolute Gasteiger partial charge is 0.0261 e. The molecule has 0 aliphatic carbocycles. The van der Waals surface area contributed by atoms with E-state index < -0.39 is 0 Å². The summed E-state index contributed by atoms with van der Waals surface area (Å²) < 4.78 is 0. The molecule has 0 radical (unpaired) electrons. The molecule has 2 aliphatic heterocycles. The molecule has 20 heavy (non-hydrogen) atoms. The Bertz CT molecular complexity index is 392. The molecule has 2 fully saturated rings. The topological polar surface area (TPSA) is 13.0 Å². The quantitative estimate of drug-likeness (QED) is 0.814. The monoisotopic (exact) mass is 274 g/mol. The molecular weight excluding hydrogens is 248 g/mol. The van der Waals surface area contributed by atoms with Crippen LogP contribution >= 0.6 is 0 Å². The highest BCUT2D eigenvalue weighted by atomic mass is 15.6. The van der Waals surface area contributed by atoms with Crippen molar-refractivity contribution in [2.45, 2.75) is 6.54 Å². The van der Waals surface area contributed by atoms with Gasteiger partial charge in [-0.05, 0) is 12.6 Å². The van der Waals surface area contributed by atoms with Gasteiger partial charge in [0, 0.05) is 58.9 Å². The Morgan fingerprint density at radius 2 is 1.30 bits per heavy atom. The van der Waals surface area contributed by atoms with Gasteiger partial charge in [0.15, 0.2) is 0 Å². The fourth-order valence-corrected chi connectivity index (χ4v) is 3.10. The maximum atomic E-state index is 2.57. The van der Waals surface area contributed by atoms with E-state index >= 15 is 0 Å². The lowest BCUT2D eigenvalue weighted by atomic mass is 10.2. The highest BCUT2D eigenvalue weighted by molar-refractivity contribution is 5.14. The zero-order chi connectivity index (χ0) is 13.8. The first-order valence-electron chi connectivity index (χ1n) is 7.76. The van der Waals surface area contributed by atoms with Crippen molar-refractivity contribution in [1.29, 1.82) is 0 Å². The summed E-state index contributed by atoms with van der Waals surface area (Å²) in [7, 11) is 2.22. The lowest BCUT2D eigenvalue weighted by molar-refractivity contribution is -0.0795. The number of hydrogen-bond acceptors (Lipinski definition) is 4. The summed E-state index contributed by atoms with van der Waals surface area (Å²) >= 11 is 0. The maximum absolute atomic E-state index is 2.57. The number of hydrogen-bond donors (Lipinski definition) is 0. The van der Waals surface area contributed by atoms with Gasteiger partial charge in [-0.15, -0.1) is 0 Å². The highest BCUT2D eigenvalue weighted by Gasteiger charge is 2.24. The second-order valence-electron chi connectivity index (χ2n) is 5.97. The minimum Gasteiger partial charge on any atom is -0.304 e. The Morgan fingerprint density at radius 3 is 1.90 bits per heavy atom. The van der Waals surface area contributed by atoms with Crippen molar-refractivity contribution in [2.75, 3.05) is 59.4 Å². The molecule has 0 amide bonds. The first kappa shape index (κ1) is 14.0. The summed E-state index contributed by atoms with van der Waals surface area (Å²) in [5, 5.41) is 5.12. The first-order chi connectivity index (χ1) is 9.81. The molecule has 1 aromatic carbocycles. The van der Waals surface area contributed by atoms with Crippen molar-refractivity contribution in [1.82, 2.24) is 19.8 Å². The molecule has 3 rings (SSSR count). The van der Waals surface area contributed by atoms with Crippen LogP contribution in [0.3, 0.4) is 0 Å². The molecule has 110 valence electrons. The normalized spacial score (nSPS) is 24.1. The minimum absolute atomic E-state index is 1.09. The number of benzene rings is 1. The Morgan fingerprint density at radius 1 is 0.750 bits per heavy atom. The maximum Gasteiger partial charge on any atom is 0.0261 e. The lowest BCUT2D eigenvalue weighted by Gasteiger charge is -2.44. The van der Waals surface area contributed by atoms with E-state index in [1.54, 1.807) is 0 Å². The molecule has 0 saturated carbocycles. The van der Waals surface area contributed by atoms with Crippen LogP contribution in [-0.4, -0.2) is 79.2 Å². The van der Waals surface area contributed by atoms with Crippen LogP contribution in [0.2, 0.25) is 0 Å². The molecule has 0 bridgehead atoms. The largest absolute Gasteiger partial charge is 0.304 e. The summed E-state index contributed by atoms with van der Waals surface area (Å²) in [4.78, 5) is 4.99. The molecule has 1 aromatic rings. The molecular formula is C16H26N4. The van der Waals surface area contributed by atoms with Gasteiger partial charge in [-0.25, -0.2) is 10.0 Å². The number of likely N-dealkylation sites (N-methyl/N-ethyl adjacent to an activating group) is 1. The van der Waals surface area contributed by atoms with Gasteiger partial charge in [0.05, 0.1) is 0 Å². The molecule has 2 saturated heterocycles. The van der Waals surface area contributed by atoms with E-state index in [2.05, 4.69) is 57.2 Å². The Balaban J connectivity index is 1.45. The number of hydrazine groups is 1. The van der Waals surface area contributed by atoms with E-state index in [9.17, 15) is 0 Å². The number of piperazine rings is 2. The molecule has 0 aromatic heterocycles. The van der Waals surface area contributed by atoms with Gasteiger partial charge >= 0.3 is 0 Å². The molecule has 2 aliphatic rings. The molecule has 0 N–H and O–H groups in total. The van der Waals surface area contributed by atoms with E-state index in [4.69, 9.17) is 0 Å². The van der Waals surface area contributed by atoms with Gasteiger partial charge in [-0.2, -0.15) is 0 Å². The molecule has 2 heterocycles. The van der Waals surface area contributed by atoms with Crippen LogP contribution in [0.25, 0.3) is 0 Å². The van der Waals surface area contributed by atoms with Gasteiger partial charge in [0.2, 0.25) is 0 Å². The molecule has 4 nitrogen and oxygen atoms in total. The fraction of sp³-hybridized carbons (Fsp3) is 0.625. The van der Waals surface area contributed by atoms with Crippen molar-refractivity contribution < 1.29 is 0 Å². The van der Waals surface area contributed by atoms with E-state index in [-0.39, 0.29) is 0 Å². The molecule has 0 atom stereocenters. The number of nitrogens with zero attached hydrogens (tertiary/aromatic N) is 4. The standard InChI is InChI=1S/C16H26N4/c1-17-7-11-19(12-8-17)20-13-9-18(10-14-20)15-16-5-3-2-4-6-16/h2-6H,7-15H2,1H3. The second-order valence-corrected chi connectivity index (χ2v) is 5.97. The van der Waals surface area contributed by atoms with E-state index in [0.717, 1.165) is 6.54 Å². The minimum atomic E-state index is 1.09. The van der Waals surface area contributed by atoms with Crippen LogP contribution in [0.4, 0.5) is 0 Å². The third-order valence-electron chi connectivity index (χ3n) is 4.48. The number of rotatable bonds is 3. The van der Waals surface area contributed by atoms with Crippen LogP contribution in [0.5, 0.6) is 0 Å². The van der Waals surface area contributed by atoms with Gasteiger partial charge in [-0.3, -0.25) is 4.90 Å². The second kappa shape index (κ2) is 6.68. The van der Waals surface area contributed by atoms with Gasteiger partial charge in [0.25, 0.3) is 0 Å². The van der Waals surface area contributed by atoms with Crippen molar-refractivity contribution in [3.63, 3.8) is 0 Å². The summed E-state index contributed by atoms with van der Waals surface area (Å²) in [6, 6.07) is 10.8. The molecule has 0 unspecified atom stereocenters. The highest BCUT2D eigenvalue weighted by Crippen LogP contribution is 2.11. The Hall–Kier alpha value is -0.940. The van der Waals surface area contributed by atoms with Crippen LogP contribution in [-0.2, 0) is 6.54 Å². The van der Waals surface area contributed by atoms with Crippen LogP contribution in [0, 0.1) is 0 Å². The van der Waals surface area contributed by atoms with Crippen molar-refractivity contribution in [3.05, 3.63) is 35.9 Å². The summed E-state index contributed by atoms with van der Waals surface area (Å²) in [6.07, 6.45) is 0. The average Bonchev–Trinajstić information content (AvgIpc) is 2.50. The average molecular weight is 274 g/mol. The molecule has 4 heteroatoms. The SMILES string of the molecule is CN1CCN(N2CCN(Cc3ccccc3)CC2)CC1. The predicted molar refractivity (Wildman–Crippen MR) is 82.4 cm³/mol. The van der Waals surface area contributed by atoms with Gasteiger partial charge in [0.1, 0.15) is 0 Å². The lowest BCUT2D eigenvalue weighted by Crippen LogP contribution is -2.58. The third kappa shape index (κ3) is 3.58. The van der Waals surface area contributed by atoms with Crippen molar-refractivity contribution >= 4 is 0 Å². The fourth-order valence-electron chi connectivity index (χ4n) is 3.10. The van der Waals surface area contributed by atoms with Crippen molar-refractivity contribution in [3.8, 4) is 0 Å². The van der Waals surface area contributed by atoms with Gasteiger partial charge in [-0.1, -0.05) is 30.3 Å². The first-order valence-corrected chi connectivity index (χ1v) is 7.76. The summed E-state index contributed by atoms with van der Waals surface area (Å²) in [5.41, 5.74) is 1.43. The summed E-state index contributed by atoms with van der Waals surface area (Å²) in [6.45, 7) is 10.6. The summed E-state index contributed by atoms with van der Waals surface area (Å²) in [5.74, 6) is 0. The predicted octanol–water partition coefficient (Wildman–Crippen LogP) is 0.967. The van der Waals surface area contributed by atoms with Crippen molar-refractivity contribution in [2.24, 2.45) is 0 Å². The van der Waals surface area contributed by atoms with Crippen LogP contribution in [0.1, 0.15) is 5.56 Å².